The zero-order valence-electron chi connectivity index (χ0n) is 10.7. The zero-order valence-corrected chi connectivity index (χ0v) is 10.7. The van der Waals surface area contributed by atoms with Gasteiger partial charge in [-0.2, -0.15) is 0 Å². The molecule has 0 saturated carbocycles. The van der Waals surface area contributed by atoms with Crippen LogP contribution in [0.25, 0.3) is 0 Å². The van der Waals surface area contributed by atoms with E-state index in [1.54, 1.807) is 19.3 Å². The quantitative estimate of drug-likeness (QED) is 0.805. The largest absolute Gasteiger partial charge is 0.382 e. The highest BCUT2D eigenvalue weighted by Crippen LogP contribution is 2.07. The Bertz CT molecular complexity index is 405. The molecule has 2 heterocycles. The molecular weight excluding hydrogens is 230 g/mol. The molecule has 0 bridgehead atoms. The van der Waals surface area contributed by atoms with E-state index >= 15 is 0 Å². The second-order valence-electron chi connectivity index (χ2n) is 4.57. The van der Waals surface area contributed by atoms with E-state index in [1.165, 1.54) is 0 Å². The predicted molar refractivity (Wildman–Crippen MR) is 68.6 cm³/mol. The SMILES string of the molecule is CC(=O)N1CCCN(Cc2cnc(N)cn2)CC1. The van der Waals surface area contributed by atoms with Gasteiger partial charge in [-0.15, -0.1) is 0 Å². The van der Waals surface area contributed by atoms with Gasteiger partial charge in [-0.25, -0.2) is 4.98 Å². The molecule has 0 aromatic carbocycles. The fraction of sp³-hybridized carbons (Fsp3) is 0.583. The van der Waals surface area contributed by atoms with Crippen molar-refractivity contribution in [3.8, 4) is 0 Å². The molecule has 0 unspecified atom stereocenters. The van der Waals surface area contributed by atoms with E-state index in [9.17, 15) is 4.79 Å². The van der Waals surface area contributed by atoms with Gasteiger partial charge in [0.05, 0.1) is 18.1 Å². The summed E-state index contributed by atoms with van der Waals surface area (Å²) in [6.45, 7) is 5.89. The van der Waals surface area contributed by atoms with E-state index < -0.39 is 0 Å². The molecule has 1 amide bonds. The van der Waals surface area contributed by atoms with Gasteiger partial charge < -0.3 is 10.6 Å². The minimum absolute atomic E-state index is 0.157. The van der Waals surface area contributed by atoms with Gasteiger partial charge in [-0.1, -0.05) is 0 Å². The van der Waals surface area contributed by atoms with Crippen molar-refractivity contribution in [2.75, 3.05) is 31.9 Å². The number of amides is 1. The van der Waals surface area contributed by atoms with Gasteiger partial charge in [-0.3, -0.25) is 14.7 Å². The van der Waals surface area contributed by atoms with Gasteiger partial charge >= 0.3 is 0 Å². The molecule has 18 heavy (non-hydrogen) atoms. The van der Waals surface area contributed by atoms with Crippen LogP contribution in [-0.2, 0) is 11.3 Å². The van der Waals surface area contributed by atoms with E-state index in [0.717, 1.165) is 44.8 Å². The third-order valence-corrected chi connectivity index (χ3v) is 3.14. The molecular formula is C12H19N5O. The van der Waals surface area contributed by atoms with E-state index in [0.29, 0.717) is 5.82 Å². The van der Waals surface area contributed by atoms with E-state index in [1.807, 2.05) is 4.90 Å². The number of hydrogen-bond acceptors (Lipinski definition) is 5. The molecule has 1 aromatic heterocycles. The average Bonchev–Trinajstić information content (AvgIpc) is 2.58. The van der Waals surface area contributed by atoms with Gasteiger partial charge in [0.1, 0.15) is 5.82 Å². The lowest BCUT2D eigenvalue weighted by Crippen LogP contribution is -2.33. The summed E-state index contributed by atoms with van der Waals surface area (Å²) in [7, 11) is 0. The molecule has 2 N–H and O–H groups in total. The fourth-order valence-electron chi connectivity index (χ4n) is 2.12. The molecule has 1 aliphatic rings. The summed E-state index contributed by atoms with van der Waals surface area (Å²) < 4.78 is 0. The Balaban J connectivity index is 1.90. The Labute approximate surface area is 107 Å². The van der Waals surface area contributed by atoms with Crippen LogP contribution in [0, 0.1) is 0 Å². The molecule has 2 rings (SSSR count). The van der Waals surface area contributed by atoms with Crippen molar-refractivity contribution in [2.24, 2.45) is 0 Å². The van der Waals surface area contributed by atoms with Crippen LogP contribution in [0.1, 0.15) is 19.0 Å². The topological polar surface area (TPSA) is 75.4 Å². The number of nitrogen functional groups attached to an aromatic ring is 1. The Morgan fingerprint density at radius 3 is 2.78 bits per heavy atom. The van der Waals surface area contributed by atoms with Crippen LogP contribution in [0.3, 0.4) is 0 Å². The summed E-state index contributed by atoms with van der Waals surface area (Å²) in [4.78, 5) is 23.8. The molecule has 98 valence electrons. The summed E-state index contributed by atoms with van der Waals surface area (Å²) in [5.41, 5.74) is 6.42. The van der Waals surface area contributed by atoms with E-state index in [4.69, 9.17) is 5.73 Å². The van der Waals surface area contributed by atoms with Crippen molar-refractivity contribution in [3.05, 3.63) is 18.1 Å². The minimum Gasteiger partial charge on any atom is -0.382 e. The highest BCUT2D eigenvalue weighted by molar-refractivity contribution is 5.73. The van der Waals surface area contributed by atoms with Crippen molar-refractivity contribution in [3.63, 3.8) is 0 Å². The average molecular weight is 249 g/mol. The first kappa shape index (κ1) is 12.8. The van der Waals surface area contributed by atoms with E-state index in [-0.39, 0.29) is 5.91 Å². The molecule has 6 nitrogen and oxygen atoms in total. The van der Waals surface area contributed by atoms with Gasteiger partial charge in [-0.05, 0) is 6.42 Å². The Morgan fingerprint density at radius 1 is 1.28 bits per heavy atom. The number of hydrogen-bond donors (Lipinski definition) is 1. The van der Waals surface area contributed by atoms with Crippen LogP contribution in [0.4, 0.5) is 5.82 Å². The van der Waals surface area contributed by atoms with Crippen LogP contribution >= 0.6 is 0 Å². The fourth-order valence-corrected chi connectivity index (χ4v) is 2.12. The van der Waals surface area contributed by atoms with Crippen molar-refractivity contribution in [1.29, 1.82) is 0 Å². The number of nitrogens with two attached hydrogens (primary N) is 1. The molecule has 1 fully saturated rings. The minimum atomic E-state index is 0.157. The molecule has 0 aliphatic carbocycles. The lowest BCUT2D eigenvalue weighted by atomic mass is 10.3. The van der Waals surface area contributed by atoms with Crippen LogP contribution in [0.15, 0.2) is 12.4 Å². The number of carbonyl (C=O) groups is 1. The van der Waals surface area contributed by atoms with Crippen LogP contribution in [0.2, 0.25) is 0 Å². The molecule has 6 heteroatoms. The third kappa shape index (κ3) is 3.40. The number of nitrogens with zero attached hydrogens (tertiary/aromatic N) is 4. The normalized spacial score (nSPS) is 17.5. The summed E-state index contributed by atoms with van der Waals surface area (Å²) in [5, 5.41) is 0. The van der Waals surface area contributed by atoms with Crippen molar-refractivity contribution in [2.45, 2.75) is 19.9 Å². The summed E-state index contributed by atoms with van der Waals surface area (Å²) >= 11 is 0. The predicted octanol–water partition coefficient (Wildman–Crippen LogP) is 0.113. The van der Waals surface area contributed by atoms with E-state index in [2.05, 4.69) is 14.9 Å². The highest BCUT2D eigenvalue weighted by Gasteiger charge is 2.16. The van der Waals surface area contributed by atoms with Gasteiger partial charge in [0.2, 0.25) is 5.91 Å². The van der Waals surface area contributed by atoms with Crippen LogP contribution in [0.5, 0.6) is 0 Å². The Kier molecular flexibility index (Phi) is 4.09. The lowest BCUT2D eigenvalue weighted by Gasteiger charge is -2.20. The molecule has 0 atom stereocenters. The second-order valence-corrected chi connectivity index (χ2v) is 4.57. The van der Waals surface area contributed by atoms with Gasteiger partial charge in [0.15, 0.2) is 0 Å². The summed E-state index contributed by atoms with van der Waals surface area (Å²) in [6.07, 6.45) is 4.29. The van der Waals surface area contributed by atoms with Crippen molar-refractivity contribution >= 4 is 11.7 Å². The maximum atomic E-state index is 11.3. The standard InChI is InChI=1S/C12H19N5O/c1-10(18)17-4-2-3-16(5-6-17)9-11-7-15-12(13)8-14-11/h7-8H,2-6,9H2,1H3,(H2,13,15). The summed E-state index contributed by atoms with van der Waals surface area (Å²) in [6, 6.07) is 0. The molecule has 1 aromatic rings. The molecule has 0 radical (unpaired) electrons. The molecule has 0 spiro atoms. The highest BCUT2D eigenvalue weighted by atomic mass is 16.2. The maximum Gasteiger partial charge on any atom is 0.219 e. The first-order chi connectivity index (χ1) is 8.65. The summed E-state index contributed by atoms with van der Waals surface area (Å²) in [5.74, 6) is 0.599. The third-order valence-electron chi connectivity index (χ3n) is 3.14. The first-order valence-corrected chi connectivity index (χ1v) is 6.19. The second kappa shape index (κ2) is 5.77. The van der Waals surface area contributed by atoms with Crippen molar-refractivity contribution in [1.82, 2.24) is 19.8 Å². The number of aromatic nitrogens is 2. The Morgan fingerprint density at radius 2 is 2.11 bits per heavy atom. The maximum absolute atomic E-state index is 11.3. The number of carbonyl (C=O) groups excluding carboxylic acids is 1. The molecule has 1 aliphatic heterocycles. The monoisotopic (exact) mass is 249 g/mol. The number of anilines is 1. The smallest absolute Gasteiger partial charge is 0.219 e. The van der Waals surface area contributed by atoms with Crippen molar-refractivity contribution < 1.29 is 4.79 Å². The van der Waals surface area contributed by atoms with Crippen LogP contribution < -0.4 is 5.73 Å². The molecule has 1 saturated heterocycles. The Hall–Kier alpha value is -1.69. The van der Waals surface area contributed by atoms with Gasteiger partial charge in [0, 0.05) is 39.6 Å². The van der Waals surface area contributed by atoms with Gasteiger partial charge in [0.25, 0.3) is 0 Å². The number of rotatable bonds is 2. The zero-order chi connectivity index (χ0) is 13.0. The van der Waals surface area contributed by atoms with Crippen LogP contribution in [-0.4, -0.2) is 51.9 Å². The first-order valence-electron chi connectivity index (χ1n) is 6.19. The lowest BCUT2D eigenvalue weighted by molar-refractivity contribution is -0.128.